The van der Waals surface area contributed by atoms with Crippen LogP contribution in [0.15, 0.2) is 73.1 Å². The summed E-state index contributed by atoms with van der Waals surface area (Å²) in [5.74, 6) is 1.67. The molecule has 0 unspecified atom stereocenters. The van der Waals surface area contributed by atoms with E-state index in [-0.39, 0.29) is 17.2 Å². The predicted molar refractivity (Wildman–Crippen MR) is 124 cm³/mol. The molecule has 5 rings (SSSR count). The van der Waals surface area contributed by atoms with Crippen LogP contribution in [-0.2, 0) is 10.2 Å². The maximum absolute atomic E-state index is 13.2. The number of hydrogen-bond acceptors (Lipinski definition) is 5. The van der Waals surface area contributed by atoms with Gasteiger partial charge in [0.1, 0.15) is 11.6 Å². The lowest BCUT2D eigenvalue weighted by atomic mass is 9.93. The predicted octanol–water partition coefficient (Wildman–Crippen LogP) is 4.62. The van der Waals surface area contributed by atoms with Gasteiger partial charge in [0.2, 0.25) is 5.91 Å². The Labute approximate surface area is 186 Å². The van der Waals surface area contributed by atoms with E-state index in [4.69, 9.17) is 4.74 Å². The SMILES string of the molecule is Cc1ncc(OC[C@@]2(c3ccccc3)C[C@H]2C(=O)Nc2cc3ccccc3cn2)c(C)n1. The molecule has 1 fully saturated rings. The van der Waals surface area contributed by atoms with Crippen molar-refractivity contribution in [1.82, 2.24) is 15.0 Å². The number of pyridine rings is 1. The Kier molecular flexibility index (Phi) is 5.05. The van der Waals surface area contributed by atoms with Crippen molar-refractivity contribution >= 4 is 22.5 Å². The molecular formula is C26H24N4O2. The highest BCUT2D eigenvalue weighted by Gasteiger charge is 2.60. The van der Waals surface area contributed by atoms with E-state index in [9.17, 15) is 4.79 Å². The molecule has 1 saturated carbocycles. The van der Waals surface area contributed by atoms with Gasteiger partial charge in [0.15, 0.2) is 5.75 Å². The Morgan fingerprint density at radius 2 is 1.78 bits per heavy atom. The summed E-state index contributed by atoms with van der Waals surface area (Å²) in [5, 5.41) is 5.09. The lowest BCUT2D eigenvalue weighted by Crippen LogP contribution is -2.27. The van der Waals surface area contributed by atoms with Gasteiger partial charge in [0.05, 0.1) is 24.4 Å². The van der Waals surface area contributed by atoms with E-state index in [1.165, 1.54) is 0 Å². The second-order valence-electron chi connectivity index (χ2n) is 8.34. The normalized spacial score (nSPS) is 19.5. The minimum Gasteiger partial charge on any atom is -0.489 e. The third-order valence-electron chi connectivity index (χ3n) is 6.16. The molecular weight excluding hydrogens is 400 g/mol. The Morgan fingerprint density at radius 3 is 2.56 bits per heavy atom. The number of carbonyl (C=O) groups excluding carboxylic acids is 1. The number of nitrogens with zero attached hydrogens (tertiary/aromatic N) is 3. The molecule has 4 aromatic rings. The Hall–Kier alpha value is -3.80. The molecule has 0 radical (unpaired) electrons. The van der Waals surface area contributed by atoms with Gasteiger partial charge in [-0.25, -0.2) is 15.0 Å². The van der Waals surface area contributed by atoms with Crippen LogP contribution in [0.2, 0.25) is 0 Å². The van der Waals surface area contributed by atoms with E-state index >= 15 is 0 Å². The van der Waals surface area contributed by atoms with Gasteiger partial charge in [-0.05, 0) is 37.3 Å². The number of anilines is 1. The molecule has 0 bridgehead atoms. The van der Waals surface area contributed by atoms with E-state index in [0.29, 0.717) is 30.4 Å². The summed E-state index contributed by atoms with van der Waals surface area (Å²) in [7, 11) is 0. The number of benzene rings is 2. The average molecular weight is 425 g/mol. The number of amides is 1. The highest BCUT2D eigenvalue weighted by molar-refractivity contribution is 5.97. The molecule has 0 aliphatic heterocycles. The molecule has 1 N–H and O–H groups in total. The standard InChI is InChI=1S/C26H24N4O2/c1-17-23(15-27-18(2)29-17)32-16-26(21-10-4-3-5-11-21)13-22(26)25(31)30-24-12-19-8-6-7-9-20(19)14-28-24/h3-12,14-15,22H,13,16H2,1-2H3,(H,28,30,31)/t22-,26+/m0/s1. The molecule has 32 heavy (non-hydrogen) atoms. The summed E-state index contributed by atoms with van der Waals surface area (Å²) in [5.41, 5.74) is 1.50. The first-order chi connectivity index (χ1) is 15.5. The number of nitrogens with one attached hydrogen (secondary N) is 1. The molecule has 2 heterocycles. The van der Waals surface area contributed by atoms with Gasteiger partial charge in [0.25, 0.3) is 0 Å². The van der Waals surface area contributed by atoms with Crippen LogP contribution in [0, 0.1) is 19.8 Å². The molecule has 1 amide bonds. The minimum atomic E-state index is -0.389. The molecule has 6 nitrogen and oxygen atoms in total. The average Bonchev–Trinajstić information content (AvgIpc) is 3.55. The second-order valence-corrected chi connectivity index (χ2v) is 8.34. The van der Waals surface area contributed by atoms with E-state index in [1.54, 1.807) is 12.4 Å². The molecule has 0 saturated heterocycles. The highest BCUT2D eigenvalue weighted by atomic mass is 16.5. The molecule has 1 aliphatic rings. The number of rotatable bonds is 6. The molecule has 6 heteroatoms. The zero-order valence-electron chi connectivity index (χ0n) is 18.1. The largest absolute Gasteiger partial charge is 0.489 e. The van der Waals surface area contributed by atoms with Crippen molar-refractivity contribution in [3.63, 3.8) is 0 Å². The van der Waals surface area contributed by atoms with Gasteiger partial charge in [-0.15, -0.1) is 0 Å². The fraction of sp³-hybridized carbons (Fsp3) is 0.231. The summed E-state index contributed by atoms with van der Waals surface area (Å²) in [6.07, 6.45) is 4.20. The zero-order valence-corrected chi connectivity index (χ0v) is 18.1. The number of aromatic nitrogens is 3. The first-order valence-electron chi connectivity index (χ1n) is 10.7. The zero-order chi connectivity index (χ0) is 22.1. The highest BCUT2D eigenvalue weighted by Crippen LogP contribution is 2.55. The smallest absolute Gasteiger partial charge is 0.229 e. The Balaban J connectivity index is 1.37. The fourth-order valence-corrected chi connectivity index (χ4v) is 4.27. The van der Waals surface area contributed by atoms with Crippen molar-refractivity contribution in [2.75, 3.05) is 11.9 Å². The van der Waals surface area contributed by atoms with Crippen LogP contribution in [0.1, 0.15) is 23.5 Å². The van der Waals surface area contributed by atoms with Crippen LogP contribution < -0.4 is 10.1 Å². The summed E-state index contributed by atoms with van der Waals surface area (Å²) >= 11 is 0. The molecule has 2 aromatic heterocycles. The Morgan fingerprint density at radius 1 is 1.03 bits per heavy atom. The number of hydrogen-bond donors (Lipinski definition) is 1. The van der Waals surface area contributed by atoms with E-state index < -0.39 is 0 Å². The number of ether oxygens (including phenoxy) is 1. The van der Waals surface area contributed by atoms with Crippen LogP contribution >= 0.6 is 0 Å². The van der Waals surface area contributed by atoms with Gasteiger partial charge < -0.3 is 10.1 Å². The Bertz CT molecular complexity index is 1290. The number of carbonyl (C=O) groups is 1. The second kappa shape index (κ2) is 8.04. The molecule has 160 valence electrons. The first-order valence-corrected chi connectivity index (χ1v) is 10.7. The quantitative estimate of drug-likeness (QED) is 0.489. The molecule has 2 atom stereocenters. The third-order valence-corrected chi connectivity index (χ3v) is 6.16. The van der Waals surface area contributed by atoms with Gasteiger partial charge in [-0.2, -0.15) is 0 Å². The third kappa shape index (κ3) is 3.80. The van der Waals surface area contributed by atoms with Crippen LogP contribution in [-0.4, -0.2) is 27.5 Å². The number of aryl methyl sites for hydroxylation is 2. The van der Waals surface area contributed by atoms with Gasteiger partial charge >= 0.3 is 0 Å². The lowest BCUT2D eigenvalue weighted by Gasteiger charge is -2.19. The van der Waals surface area contributed by atoms with Crippen molar-refractivity contribution in [2.45, 2.75) is 25.7 Å². The topological polar surface area (TPSA) is 77.0 Å². The lowest BCUT2D eigenvalue weighted by molar-refractivity contribution is -0.117. The maximum Gasteiger partial charge on any atom is 0.229 e. The minimum absolute atomic E-state index is 0.0443. The van der Waals surface area contributed by atoms with Crippen LogP contribution in [0.3, 0.4) is 0 Å². The van der Waals surface area contributed by atoms with Gasteiger partial charge in [0, 0.05) is 17.0 Å². The summed E-state index contributed by atoms with van der Waals surface area (Å²) < 4.78 is 6.14. The number of fused-ring (bicyclic) bond motifs is 1. The maximum atomic E-state index is 13.2. The van der Waals surface area contributed by atoms with Crippen molar-refractivity contribution in [2.24, 2.45) is 5.92 Å². The van der Waals surface area contributed by atoms with E-state index in [2.05, 4.69) is 32.4 Å². The summed E-state index contributed by atoms with van der Waals surface area (Å²) in [4.78, 5) is 26.2. The fourth-order valence-electron chi connectivity index (χ4n) is 4.27. The van der Waals surface area contributed by atoms with E-state index in [1.807, 2.05) is 62.4 Å². The van der Waals surface area contributed by atoms with Gasteiger partial charge in [-0.3, -0.25) is 4.79 Å². The van der Waals surface area contributed by atoms with E-state index in [0.717, 1.165) is 22.0 Å². The van der Waals surface area contributed by atoms with Crippen LogP contribution in [0.5, 0.6) is 5.75 Å². The molecule has 1 aliphatic carbocycles. The van der Waals surface area contributed by atoms with Crippen LogP contribution in [0.25, 0.3) is 10.8 Å². The summed E-state index contributed by atoms with van der Waals surface area (Å²) in [6, 6.07) is 20.0. The van der Waals surface area contributed by atoms with Gasteiger partial charge in [-0.1, -0.05) is 54.6 Å². The van der Waals surface area contributed by atoms with Crippen molar-refractivity contribution < 1.29 is 9.53 Å². The van der Waals surface area contributed by atoms with Crippen molar-refractivity contribution in [3.8, 4) is 5.75 Å². The van der Waals surface area contributed by atoms with Crippen molar-refractivity contribution in [3.05, 3.63) is 90.1 Å². The first kappa shape index (κ1) is 20.1. The van der Waals surface area contributed by atoms with Crippen molar-refractivity contribution in [1.29, 1.82) is 0 Å². The molecule has 2 aromatic carbocycles. The monoisotopic (exact) mass is 424 g/mol. The summed E-state index contributed by atoms with van der Waals surface area (Å²) in [6.45, 7) is 4.14. The molecule has 0 spiro atoms. The van der Waals surface area contributed by atoms with Crippen LogP contribution in [0.4, 0.5) is 5.82 Å².